The molecule has 1 aliphatic heterocycles. The molecule has 0 aromatic heterocycles. The molecule has 1 heterocycles. The number of benzene rings is 1. The molecule has 2 amide bonds. The number of anilines is 1. The van der Waals surface area contributed by atoms with Crippen molar-refractivity contribution in [1.82, 2.24) is 14.7 Å². The van der Waals surface area contributed by atoms with Crippen molar-refractivity contribution >= 4 is 11.7 Å². The third-order valence-electron chi connectivity index (χ3n) is 4.97. The van der Waals surface area contributed by atoms with Crippen LogP contribution in [-0.4, -0.2) is 74.1 Å². The van der Waals surface area contributed by atoms with Crippen LogP contribution in [-0.2, 0) is 12.8 Å². The highest BCUT2D eigenvalue weighted by Crippen LogP contribution is 2.23. The van der Waals surface area contributed by atoms with Crippen LogP contribution in [0.5, 0.6) is 0 Å². The van der Waals surface area contributed by atoms with Gasteiger partial charge < -0.3 is 15.1 Å². The SMILES string of the molecule is CCc1cccc(CC)c1NC(=O)N1CCN(CCCN(C)C)CC1. The number of hydrogen-bond acceptors (Lipinski definition) is 3. The van der Waals surface area contributed by atoms with Gasteiger partial charge in [0.15, 0.2) is 0 Å². The van der Waals surface area contributed by atoms with Crippen molar-refractivity contribution in [3.63, 3.8) is 0 Å². The summed E-state index contributed by atoms with van der Waals surface area (Å²) >= 11 is 0. The Morgan fingerprint density at radius 3 is 2.20 bits per heavy atom. The van der Waals surface area contributed by atoms with E-state index in [0.717, 1.165) is 57.8 Å². The predicted molar refractivity (Wildman–Crippen MR) is 105 cm³/mol. The molecule has 0 unspecified atom stereocenters. The maximum absolute atomic E-state index is 12.7. The zero-order valence-corrected chi connectivity index (χ0v) is 16.3. The predicted octanol–water partition coefficient (Wildman–Crippen LogP) is 2.91. The molecular formula is C20H34N4O. The molecule has 0 spiro atoms. The van der Waals surface area contributed by atoms with Gasteiger partial charge in [0.2, 0.25) is 0 Å². The van der Waals surface area contributed by atoms with Gasteiger partial charge in [-0.25, -0.2) is 4.79 Å². The van der Waals surface area contributed by atoms with Crippen LogP contribution < -0.4 is 5.32 Å². The first-order chi connectivity index (χ1) is 12.0. The maximum Gasteiger partial charge on any atom is 0.321 e. The highest BCUT2D eigenvalue weighted by atomic mass is 16.2. The van der Waals surface area contributed by atoms with Crippen molar-refractivity contribution in [2.75, 3.05) is 58.7 Å². The molecule has 0 radical (unpaired) electrons. The first kappa shape index (κ1) is 19.7. The maximum atomic E-state index is 12.7. The van der Waals surface area contributed by atoms with Gasteiger partial charge in [0.05, 0.1) is 0 Å². The average molecular weight is 347 g/mol. The highest BCUT2D eigenvalue weighted by molar-refractivity contribution is 5.91. The van der Waals surface area contributed by atoms with E-state index in [2.05, 4.69) is 61.3 Å². The second-order valence-electron chi connectivity index (χ2n) is 7.07. The minimum Gasteiger partial charge on any atom is -0.322 e. The second-order valence-corrected chi connectivity index (χ2v) is 7.07. The van der Waals surface area contributed by atoms with E-state index in [-0.39, 0.29) is 6.03 Å². The number of piperazine rings is 1. The van der Waals surface area contributed by atoms with Gasteiger partial charge in [0.1, 0.15) is 0 Å². The minimum atomic E-state index is 0.0449. The van der Waals surface area contributed by atoms with E-state index in [9.17, 15) is 4.79 Å². The van der Waals surface area contributed by atoms with Gasteiger partial charge in [0.25, 0.3) is 0 Å². The number of urea groups is 1. The lowest BCUT2D eigenvalue weighted by molar-refractivity contribution is 0.144. The number of amides is 2. The molecular weight excluding hydrogens is 312 g/mol. The van der Waals surface area contributed by atoms with Crippen LogP contribution in [0, 0.1) is 0 Å². The Kier molecular flexibility index (Phi) is 7.72. The average Bonchev–Trinajstić information content (AvgIpc) is 2.62. The molecule has 25 heavy (non-hydrogen) atoms. The van der Waals surface area contributed by atoms with Crippen molar-refractivity contribution in [3.8, 4) is 0 Å². The zero-order chi connectivity index (χ0) is 18.2. The monoisotopic (exact) mass is 346 g/mol. The van der Waals surface area contributed by atoms with Gasteiger partial charge >= 0.3 is 6.03 Å². The van der Waals surface area contributed by atoms with Crippen molar-refractivity contribution in [1.29, 1.82) is 0 Å². The number of nitrogens with one attached hydrogen (secondary N) is 1. The number of carbonyl (C=O) groups is 1. The van der Waals surface area contributed by atoms with Gasteiger partial charge in [-0.1, -0.05) is 32.0 Å². The summed E-state index contributed by atoms with van der Waals surface area (Å²) in [6.07, 6.45) is 3.05. The number of para-hydroxylation sites is 1. The largest absolute Gasteiger partial charge is 0.322 e. The summed E-state index contributed by atoms with van der Waals surface area (Å²) < 4.78 is 0. The van der Waals surface area contributed by atoms with E-state index in [1.54, 1.807) is 0 Å². The first-order valence-electron chi connectivity index (χ1n) is 9.58. The normalized spacial score (nSPS) is 15.6. The van der Waals surface area contributed by atoms with Crippen molar-refractivity contribution in [2.45, 2.75) is 33.1 Å². The molecule has 0 saturated carbocycles. The molecule has 1 aromatic rings. The van der Waals surface area contributed by atoms with Crippen LogP contribution in [0.2, 0.25) is 0 Å². The van der Waals surface area contributed by atoms with E-state index in [4.69, 9.17) is 0 Å². The number of aryl methyl sites for hydroxylation is 2. The van der Waals surface area contributed by atoms with Gasteiger partial charge in [-0.15, -0.1) is 0 Å². The van der Waals surface area contributed by atoms with Crippen LogP contribution in [0.25, 0.3) is 0 Å². The quantitative estimate of drug-likeness (QED) is 0.825. The molecule has 0 atom stereocenters. The minimum absolute atomic E-state index is 0.0449. The Hall–Kier alpha value is -1.59. The number of hydrogen-bond donors (Lipinski definition) is 1. The van der Waals surface area contributed by atoms with Crippen molar-refractivity contribution in [2.24, 2.45) is 0 Å². The zero-order valence-electron chi connectivity index (χ0n) is 16.3. The molecule has 5 heteroatoms. The molecule has 1 saturated heterocycles. The summed E-state index contributed by atoms with van der Waals surface area (Å²) in [5.74, 6) is 0. The Bertz CT molecular complexity index is 528. The number of rotatable bonds is 7. The molecule has 0 bridgehead atoms. The molecule has 5 nitrogen and oxygen atoms in total. The lowest BCUT2D eigenvalue weighted by Gasteiger charge is -2.35. The summed E-state index contributed by atoms with van der Waals surface area (Å²) in [5.41, 5.74) is 3.45. The summed E-state index contributed by atoms with van der Waals surface area (Å²) in [6, 6.07) is 6.35. The third kappa shape index (κ3) is 5.72. The van der Waals surface area contributed by atoms with Gasteiger partial charge in [-0.3, -0.25) is 4.90 Å². The molecule has 2 rings (SSSR count). The molecule has 1 N–H and O–H groups in total. The lowest BCUT2D eigenvalue weighted by atomic mass is 10.0. The van der Waals surface area contributed by atoms with Crippen molar-refractivity contribution in [3.05, 3.63) is 29.3 Å². The van der Waals surface area contributed by atoms with Crippen LogP contribution in [0.4, 0.5) is 10.5 Å². The molecule has 0 aliphatic carbocycles. The number of nitrogens with zero attached hydrogens (tertiary/aromatic N) is 3. The molecule has 1 fully saturated rings. The first-order valence-corrected chi connectivity index (χ1v) is 9.58. The van der Waals surface area contributed by atoms with E-state index in [1.165, 1.54) is 17.5 Å². The van der Waals surface area contributed by atoms with Crippen LogP contribution in [0.1, 0.15) is 31.4 Å². The van der Waals surface area contributed by atoms with E-state index in [0.29, 0.717) is 0 Å². The van der Waals surface area contributed by atoms with Crippen LogP contribution >= 0.6 is 0 Å². The van der Waals surface area contributed by atoms with E-state index < -0.39 is 0 Å². The molecule has 140 valence electrons. The standard InChI is InChI=1S/C20H34N4O/c1-5-17-9-7-10-18(6-2)19(17)21-20(25)24-15-13-23(14-16-24)12-8-11-22(3)4/h7,9-10H,5-6,8,11-16H2,1-4H3,(H,21,25). The van der Waals surface area contributed by atoms with Crippen LogP contribution in [0.3, 0.4) is 0 Å². The summed E-state index contributed by atoms with van der Waals surface area (Å²) in [5, 5.41) is 3.19. The second kappa shape index (κ2) is 9.78. The number of carbonyl (C=O) groups excluding carboxylic acids is 1. The van der Waals surface area contributed by atoms with Gasteiger partial charge in [0, 0.05) is 31.9 Å². The highest BCUT2D eigenvalue weighted by Gasteiger charge is 2.22. The fourth-order valence-corrected chi connectivity index (χ4v) is 3.37. The van der Waals surface area contributed by atoms with E-state index in [1.807, 2.05) is 4.90 Å². The topological polar surface area (TPSA) is 38.8 Å². The van der Waals surface area contributed by atoms with E-state index >= 15 is 0 Å². The summed E-state index contributed by atoms with van der Waals surface area (Å²) in [7, 11) is 4.22. The van der Waals surface area contributed by atoms with Gasteiger partial charge in [-0.05, 0) is 57.6 Å². The Labute approximate surface area is 153 Å². The Balaban J connectivity index is 1.87. The third-order valence-corrected chi connectivity index (χ3v) is 4.97. The Morgan fingerprint density at radius 1 is 1.08 bits per heavy atom. The fourth-order valence-electron chi connectivity index (χ4n) is 3.37. The fraction of sp³-hybridized carbons (Fsp3) is 0.650. The lowest BCUT2D eigenvalue weighted by Crippen LogP contribution is -2.50. The summed E-state index contributed by atoms with van der Waals surface area (Å²) in [6.45, 7) is 10.1. The molecule has 1 aliphatic rings. The Morgan fingerprint density at radius 2 is 1.68 bits per heavy atom. The summed E-state index contributed by atoms with van der Waals surface area (Å²) in [4.78, 5) is 19.3. The van der Waals surface area contributed by atoms with Crippen molar-refractivity contribution < 1.29 is 4.79 Å². The van der Waals surface area contributed by atoms with Gasteiger partial charge in [-0.2, -0.15) is 0 Å². The van der Waals surface area contributed by atoms with Crippen LogP contribution in [0.15, 0.2) is 18.2 Å². The molecule has 1 aromatic carbocycles. The smallest absolute Gasteiger partial charge is 0.321 e.